The Morgan fingerprint density at radius 2 is 2.00 bits per heavy atom. The number of nitrogens with zero attached hydrogens (tertiary/aromatic N) is 5. The number of likely N-dealkylation sites (tertiary alicyclic amines) is 1. The maximum atomic E-state index is 13.4. The Hall–Kier alpha value is -2.74. The molecule has 0 radical (unpaired) electrons. The van der Waals surface area contributed by atoms with Gasteiger partial charge >= 0.3 is 0 Å². The lowest BCUT2D eigenvalue weighted by Gasteiger charge is -2.51. The predicted octanol–water partition coefficient (Wildman–Crippen LogP) is 0.754. The molecular formula is C19H24N6O2. The normalized spacial score (nSPS) is 20.3. The van der Waals surface area contributed by atoms with E-state index in [-0.39, 0.29) is 11.8 Å². The van der Waals surface area contributed by atoms with Gasteiger partial charge in [-0.25, -0.2) is 0 Å². The Kier molecular flexibility index (Phi) is 4.65. The van der Waals surface area contributed by atoms with Crippen LogP contribution in [0.4, 0.5) is 0 Å². The number of hydrogen-bond donors (Lipinski definition) is 1. The molecule has 8 nitrogen and oxygen atoms in total. The van der Waals surface area contributed by atoms with Crippen LogP contribution in [-0.4, -0.2) is 80.5 Å². The molecule has 4 heterocycles. The molecule has 2 aliphatic heterocycles. The number of hydrogen-bond acceptors (Lipinski definition) is 5. The molecule has 8 heteroatoms. The molecule has 1 spiro atoms. The Bertz CT molecular complexity index is 799. The van der Waals surface area contributed by atoms with Gasteiger partial charge in [-0.2, -0.15) is 5.10 Å². The summed E-state index contributed by atoms with van der Waals surface area (Å²) in [5, 5.41) is 6.57. The minimum absolute atomic E-state index is 0.0551. The second-order valence-corrected chi connectivity index (χ2v) is 7.30. The third-order valence-electron chi connectivity index (χ3n) is 5.83. The molecule has 0 atom stereocenters. The molecule has 2 aromatic heterocycles. The van der Waals surface area contributed by atoms with Gasteiger partial charge in [0.2, 0.25) is 5.91 Å². The van der Waals surface area contributed by atoms with Crippen molar-refractivity contribution in [3.05, 3.63) is 48.0 Å². The largest absolute Gasteiger partial charge is 0.337 e. The summed E-state index contributed by atoms with van der Waals surface area (Å²) in [4.78, 5) is 36.0. The Morgan fingerprint density at radius 3 is 2.67 bits per heavy atom. The van der Waals surface area contributed by atoms with Gasteiger partial charge in [0.1, 0.15) is 11.2 Å². The van der Waals surface area contributed by atoms with Gasteiger partial charge in [-0.05, 0) is 37.6 Å². The van der Waals surface area contributed by atoms with Crippen LogP contribution in [-0.2, 0) is 11.3 Å². The highest BCUT2D eigenvalue weighted by Crippen LogP contribution is 2.33. The molecule has 0 saturated carbocycles. The number of piperazine rings is 1. The van der Waals surface area contributed by atoms with Crippen LogP contribution in [0.25, 0.3) is 0 Å². The minimum Gasteiger partial charge on any atom is -0.337 e. The van der Waals surface area contributed by atoms with Crippen molar-refractivity contribution >= 4 is 11.8 Å². The van der Waals surface area contributed by atoms with Gasteiger partial charge in [0.25, 0.3) is 5.91 Å². The number of aromatic nitrogens is 3. The first kappa shape index (κ1) is 17.7. The standard InChI is InChI=1S/C19H24N6O2/c1-23-11-12-25(14-15-3-2-7-20-13-15)18(27)19(23)5-9-24(10-6-19)17(26)16-4-8-21-22-16/h2-4,7-8,13H,5-6,9-12,14H2,1H3,(H,21,22). The molecular weight excluding hydrogens is 344 g/mol. The van der Waals surface area contributed by atoms with Gasteiger partial charge in [0, 0.05) is 51.3 Å². The first-order chi connectivity index (χ1) is 13.1. The summed E-state index contributed by atoms with van der Waals surface area (Å²) in [7, 11) is 2.02. The molecule has 2 fully saturated rings. The van der Waals surface area contributed by atoms with Crippen molar-refractivity contribution in [2.45, 2.75) is 24.9 Å². The number of nitrogens with one attached hydrogen (secondary N) is 1. The average molecular weight is 368 g/mol. The topological polar surface area (TPSA) is 85.4 Å². The van der Waals surface area contributed by atoms with E-state index in [1.165, 1.54) is 0 Å². The quantitative estimate of drug-likeness (QED) is 0.864. The first-order valence-electron chi connectivity index (χ1n) is 9.28. The lowest BCUT2D eigenvalue weighted by Crippen LogP contribution is -2.67. The number of pyridine rings is 1. The SMILES string of the molecule is CN1CCN(Cc2cccnc2)C(=O)C12CCN(C(=O)c1ccn[nH]1)CC2. The lowest BCUT2D eigenvalue weighted by molar-refractivity contribution is -0.154. The van der Waals surface area contributed by atoms with Gasteiger partial charge in [-0.3, -0.25) is 24.6 Å². The molecule has 0 aromatic carbocycles. The summed E-state index contributed by atoms with van der Waals surface area (Å²) in [6, 6.07) is 5.57. The Morgan fingerprint density at radius 1 is 1.19 bits per heavy atom. The molecule has 0 unspecified atom stereocenters. The number of carbonyl (C=O) groups is 2. The maximum Gasteiger partial charge on any atom is 0.271 e. The number of rotatable bonds is 3. The van der Waals surface area contributed by atoms with E-state index >= 15 is 0 Å². The highest BCUT2D eigenvalue weighted by atomic mass is 16.2. The zero-order valence-corrected chi connectivity index (χ0v) is 15.5. The van der Waals surface area contributed by atoms with Crippen molar-refractivity contribution in [2.75, 3.05) is 33.2 Å². The summed E-state index contributed by atoms with van der Waals surface area (Å²) in [5.41, 5.74) is 1.01. The summed E-state index contributed by atoms with van der Waals surface area (Å²) in [5.74, 6) is 0.106. The van der Waals surface area contributed by atoms with Crippen molar-refractivity contribution in [1.29, 1.82) is 0 Å². The van der Waals surface area contributed by atoms with Crippen molar-refractivity contribution < 1.29 is 9.59 Å². The zero-order chi connectivity index (χ0) is 18.9. The zero-order valence-electron chi connectivity index (χ0n) is 15.5. The van der Waals surface area contributed by atoms with Gasteiger partial charge < -0.3 is 9.80 Å². The fourth-order valence-corrected chi connectivity index (χ4v) is 4.13. The molecule has 0 bridgehead atoms. The van der Waals surface area contributed by atoms with Crippen LogP contribution in [0.15, 0.2) is 36.8 Å². The van der Waals surface area contributed by atoms with Crippen LogP contribution in [0.2, 0.25) is 0 Å². The van der Waals surface area contributed by atoms with Crippen LogP contribution >= 0.6 is 0 Å². The molecule has 2 aliphatic rings. The fourth-order valence-electron chi connectivity index (χ4n) is 4.13. The van der Waals surface area contributed by atoms with Crippen LogP contribution in [0, 0.1) is 0 Å². The van der Waals surface area contributed by atoms with E-state index in [2.05, 4.69) is 20.1 Å². The third-order valence-corrected chi connectivity index (χ3v) is 5.83. The summed E-state index contributed by atoms with van der Waals surface area (Å²) in [6.07, 6.45) is 6.41. The smallest absolute Gasteiger partial charge is 0.271 e. The van der Waals surface area contributed by atoms with Crippen molar-refractivity contribution in [3.8, 4) is 0 Å². The van der Waals surface area contributed by atoms with E-state index in [0.717, 1.165) is 12.1 Å². The second kappa shape index (κ2) is 7.11. The Labute approximate surface area is 158 Å². The van der Waals surface area contributed by atoms with E-state index in [4.69, 9.17) is 0 Å². The number of piperidine rings is 1. The van der Waals surface area contributed by atoms with Gasteiger partial charge in [0.05, 0.1) is 0 Å². The first-order valence-corrected chi connectivity index (χ1v) is 9.28. The number of amides is 2. The number of H-pyrrole nitrogens is 1. The summed E-state index contributed by atoms with van der Waals surface area (Å²) in [6.45, 7) is 3.26. The molecule has 2 amide bonds. The van der Waals surface area contributed by atoms with Crippen molar-refractivity contribution in [1.82, 2.24) is 29.9 Å². The summed E-state index contributed by atoms with van der Waals surface area (Å²) >= 11 is 0. The molecule has 2 saturated heterocycles. The van der Waals surface area contributed by atoms with E-state index in [1.54, 1.807) is 23.4 Å². The van der Waals surface area contributed by atoms with Gasteiger partial charge in [-0.1, -0.05) is 6.07 Å². The highest BCUT2D eigenvalue weighted by molar-refractivity contribution is 5.93. The Balaban J connectivity index is 1.46. The van der Waals surface area contributed by atoms with Crippen LogP contribution < -0.4 is 0 Å². The molecule has 0 aliphatic carbocycles. The van der Waals surface area contributed by atoms with E-state index in [0.29, 0.717) is 44.7 Å². The molecule has 142 valence electrons. The monoisotopic (exact) mass is 368 g/mol. The van der Waals surface area contributed by atoms with E-state index in [9.17, 15) is 9.59 Å². The second-order valence-electron chi connectivity index (χ2n) is 7.30. The molecule has 2 aromatic rings. The number of carbonyl (C=O) groups excluding carboxylic acids is 2. The highest BCUT2D eigenvalue weighted by Gasteiger charge is 2.49. The summed E-state index contributed by atoms with van der Waals surface area (Å²) < 4.78 is 0. The molecule has 27 heavy (non-hydrogen) atoms. The van der Waals surface area contributed by atoms with Crippen LogP contribution in [0.5, 0.6) is 0 Å². The van der Waals surface area contributed by atoms with E-state index < -0.39 is 5.54 Å². The van der Waals surface area contributed by atoms with E-state index in [1.807, 2.05) is 30.3 Å². The molecule has 4 rings (SSSR count). The minimum atomic E-state index is -0.523. The number of likely N-dealkylation sites (N-methyl/N-ethyl adjacent to an activating group) is 1. The predicted molar refractivity (Wildman–Crippen MR) is 98.7 cm³/mol. The van der Waals surface area contributed by atoms with Crippen LogP contribution in [0.3, 0.4) is 0 Å². The van der Waals surface area contributed by atoms with Crippen molar-refractivity contribution in [2.24, 2.45) is 0 Å². The third kappa shape index (κ3) is 3.21. The van der Waals surface area contributed by atoms with Crippen LogP contribution in [0.1, 0.15) is 28.9 Å². The van der Waals surface area contributed by atoms with Gasteiger partial charge in [-0.15, -0.1) is 0 Å². The number of aromatic amines is 1. The average Bonchev–Trinajstić information content (AvgIpc) is 3.24. The van der Waals surface area contributed by atoms with Crippen molar-refractivity contribution in [3.63, 3.8) is 0 Å². The maximum absolute atomic E-state index is 13.4. The molecule has 1 N–H and O–H groups in total. The lowest BCUT2D eigenvalue weighted by atomic mass is 9.82. The van der Waals surface area contributed by atoms with Gasteiger partial charge in [0.15, 0.2) is 0 Å². The fraction of sp³-hybridized carbons (Fsp3) is 0.474.